The summed E-state index contributed by atoms with van der Waals surface area (Å²) in [6.45, 7) is 1.82. The van der Waals surface area contributed by atoms with Crippen LogP contribution in [0, 0.1) is 0 Å². The highest BCUT2D eigenvalue weighted by molar-refractivity contribution is 5.88. The van der Waals surface area contributed by atoms with E-state index in [-0.39, 0.29) is 11.7 Å². The van der Waals surface area contributed by atoms with Crippen molar-refractivity contribution in [1.29, 1.82) is 0 Å². The lowest BCUT2D eigenvalue weighted by Crippen LogP contribution is -2.23. The van der Waals surface area contributed by atoms with E-state index in [2.05, 4.69) is 0 Å². The largest absolute Gasteiger partial charge is 0.878 e. The number of cyclic esters (lactones) is 1. The molecule has 0 aromatic rings. The Morgan fingerprint density at radius 1 is 1.80 bits per heavy atom. The molecule has 0 aliphatic carbocycles. The summed E-state index contributed by atoms with van der Waals surface area (Å²) in [5.41, 5.74) is 0.262. The molecule has 0 bridgehead atoms. The zero-order valence-electron chi connectivity index (χ0n) is 5.79. The lowest BCUT2D eigenvalue weighted by molar-refractivity contribution is -0.276. The standard InChI is InChI=1S/C7H10O3/c1-5-2-3-6(4-8)7(9)10-5/h4-5,8H,2-3H2,1H3/p-1/b6-4+. The van der Waals surface area contributed by atoms with Gasteiger partial charge in [-0.05, 0) is 19.8 Å². The second-order valence-electron chi connectivity index (χ2n) is 2.40. The molecule has 3 nitrogen and oxygen atoms in total. The van der Waals surface area contributed by atoms with Crippen LogP contribution in [-0.2, 0) is 9.53 Å². The molecule has 1 aliphatic heterocycles. The van der Waals surface area contributed by atoms with Crippen LogP contribution in [0.2, 0.25) is 0 Å². The van der Waals surface area contributed by atoms with Gasteiger partial charge in [-0.15, -0.1) is 6.26 Å². The Morgan fingerprint density at radius 2 is 2.50 bits per heavy atom. The minimum atomic E-state index is -0.450. The third kappa shape index (κ3) is 1.29. The SMILES string of the molecule is CC1CC/C(=C\[O-])C(=O)O1. The molecule has 1 atom stereocenters. The van der Waals surface area contributed by atoms with E-state index in [1.807, 2.05) is 6.92 Å². The molecule has 0 aromatic heterocycles. The molecule has 0 radical (unpaired) electrons. The summed E-state index contributed by atoms with van der Waals surface area (Å²) in [5, 5.41) is 10.1. The van der Waals surface area contributed by atoms with Crippen LogP contribution >= 0.6 is 0 Å². The van der Waals surface area contributed by atoms with Crippen LogP contribution in [0.15, 0.2) is 11.8 Å². The molecule has 0 amide bonds. The van der Waals surface area contributed by atoms with E-state index in [0.29, 0.717) is 12.7 Å². The van der Waals surface area contributed by atoms with Crippen molar-refractivity contribution in [2.24, 2.45) is 0 Å². The zero-order valence-corrected chi connectivity index (χ0v) is 5.79. The lowest BCUT2D eigenvalue weighted by atomic mass is 10.1. The molecular weight excluding hydrogens is 132 g/mol. The van der Waals surface area contributed by atoms with E-state index in [9.17, 15) is 9.90 Å². The molecule has 1 aliphatic rings. The molecule has 56 valence electrons. The van der Waals surface area contributed by atoms with Crippen LogP contribution in [-0.4, -0.2) is 12.1 Å². The second-order valence-corrected chi connectivity index (χ2v) is 2.40. The van der Waals surface area contributed by atoms with Gasteiger partial charge in [-0.1, -0.05) is 0 Å². The normalized spacial score (nSPS) is 30.3. The molecule has 1 unspecified atom stereocenters. The molecule has 1 heterocycles. The highest BCUT2D eigenvalue weighted by atomic mass is 16.5. The zero-order chi connectivity index (χ0) is 7.56. The minimum absolute atomic E-state index is 0.0313. The molecular formula is C7H9O3-. The fourth-order valence-corrected chi connectivity index (χ4v) is 0.885. The Hall–Kier alpha value is -0.990. The number of hydrogen-bond donors (Lipinski definition) is 0. The van der Waals surface area contributed by atoms with Gasteiger partial charge in [0.05, 0.1) is 6.10 Å². The Bertz CT molecular complexity index is 172. The van der Waals surface area contributed by atoms with E-state index in [1.165, 1.54) is 0 Å². The number of hydrogen-bond acceptors (Lipinski definition) is 3. The van der Waals surface area contributed by atoms with Crippen molar-refractivity contribution in [2.75, 3.05) is 0 Å². The monoisotopic (exact) mass is 141 g/mol. The van der Waals surface area contributed by atoms with Crippen molar-refractivity contribution < 1.29 is 14.6 Å². The third-order valence-corrected chi connectivity index (χ3v) is 1.53. The number of rotatable bonds is 0. The highest BCUT2D eigenvalue weighted by Gasteiger charge is 2.19. The van der Waals surface area contributed by atoms with Crippen molar-refractivity contribution in [1.82, 2.24) is 0 Å². The highest BCUT2D eigenvalue weighted by Crippen LogP contribution is 2.17. The van der Waals surface area contributed by atoms with Crippen molar-refractivity contribution in [2.45, 2.75) is 25.9 Å². The van der Waals surface area contributed by atoms with Crippen LogP contribution in [0.25, 0.3) is 0 Å². The Morgan fingerprint density at radius 3 is 3.00 bits per heavy atom. The van der Waals surface area contributed by atoms with Gasteiger partial charge in [0.25, 0.3) is 0 Å². The quantitative estimate of drug-likeness (QED) is 0.270. The van der Waals surface area contributed by atoms with Crippen LogP contribution in [0.5, 0.6) is 0 Å². The van der Waals surface area contributed by atoms with Crippen LogP contribution in [0.3, 0.4) is 0 Å². The van der Waals surface area contributed by atoms with Gasteiger partial charge in [0.2, 0.25) is 0 Å². The molecule has 0 N–H and O–H groups in total. The molecule has 1 rings (SSSR count). The smallest absolute Gasteiger partial charge is 0.333 e. The van der Waals surface area contributed by atoms with Gasteiger partial charge in [0, 0.05) is 5.57 Å². The predicted molar refractivity (Wildman–Crippen MR) is 32.9 cm³/mol. The Balaban J connectivity index is 2.61. The summed E-state index contributed by atoms with van der Waals surface area (Å²) < 4.78 is 4.78. The Labute approximate surface area is 59.3 Å². The molecule has 1 saturated heterocycles. The molecule has 1 fully saturated rings. The maximum absolute atomic E-state index is 10.7. The first-order chi connectivity index (χ1) is 4.74. The average molecular weight is 141 g/mol. The van der Waals surface area contributed by atoms with Crippen LogP contribution in [0.4, 0.5) is 0 Å². The second kappa shape index (κ2) is 2.73. The van der Waals surface area contributed by atoms with Crippen molar-refractivity contribution in [3.63, 3.8) is 0 Å². The summed E-state index contributed by atoms with van der Waals surface area (Å²) in [4.78, 5) is 10.7. The van der Waals surface area contributed by atoms with Crippen LogP contribution in [0.1, 0.15) is 19.8 Å². The first-order valence-corrected chi connectivity index (χ1v) is 3.26. The lowest BCUT2D eigenvalue weighted by Gasteiger charge is -2.21. The van der Waals surface area contributed by atoms with E-state index in [0.717, 1.165) is 6.42 Å². The maximum Gasteiger partial charge on any atom is 0.333 e. The van der Waals surface area contributed by atoms with Gasteiger partial charge in [-0.25, -0.2) is 4.79 Å². The summed E-state index contributed by atoms with van der Waals surface area (Å²) >= 11 is 0. The topological polar surface area (TPSA) is 49.4 Å². The van der Waals surface area contributed by atoms with Crippen molar-refractivity contribution in [3.05, 3.63) is 11.8 Å². The van der Waals surface area contributed by atoms with Gasteiger partial charge >= 0.3 is 5.97 Å². The van der Waals surface area contributed by atoms with Gasteiger partial charge in [-0.2, -0.15) is 0 Å². The van der Waals surface area contributed by atoms with E-state index in [1.54, 1.807) is 0 Å². The van der Waals surface area contributed by atoms with Gasteiger partial charge in [-0.3, -0.25) is 0 Å². The first kappa shape index (κ1) is 7.12. The summed E-state index contributed by atoms with van der Waals surface area (Å²) in [6, 6.07) is 0. The van der Waals surface area contributed by atoms with E-state index < -0.39 is 5.97 Å². The maximum atomic E-state index is 10.7. The number of ether oxygens (including phenoxy) is 1. The fourth-order valence-electron chi connectivity index (χ4n) is 0.885. The van der Waals surface area contributed by atoms with Crippen molar-refractivity contribution in [3.8, 4) is 0 Å². The summed E-state index contributed by atoms with van der Waals surface area (Å²) in [5.74, 6) is -0.450. The number of carbonyl (C=O) groups excluding carboxylic acids is 1. The number of esters is 1. The van der Waals surface area contributed by atoms with E-state index >= 15 is 0 Å². The number of carbonyl (C=O) groups is 1. The molecule has 0 aromatic carbocycles. The first-order valence-electron chi connectivity index (χ1n) is 3.26. The Kier molecular flexibility index (Phi) is 1.94. The molecule has 0 saturated carbocycles. The van der Waals surface area contributed by atoms with Gasteiger partial charge in [0.15, 0.2) is 0 Å². The molecule has 0 spiro atoms. The summed E-state index contributed by atoms with van der Waals surface area (Å²) in [7, 11) is 0. The molecule has 3 heteroatoms. The predicted octanol–water partition coefficient (Wildman–Crippen LogP) is -0.0439. The van der Waals surface area contributed by atoms with E-state index in [4.69, 9.17) is 4.74 Å². The van der Waals surface area contributed by atoms with Gasteiger partial charge < -0.3 is 9.84 Å². The van der Waals surface area contributed by atoms with Crippen LogP contribution < -0.4 is 5.11 Å². The summed E-state index contributed by atoms with van der Waals surface area (Å²) in [6.07, 6.45) is 1.87. The van der Waals surface area contributed by atoms with Gasteiger partial charge in [0.1, 0.15) is 0 Å². The average Bonchev–Trinajstić information content (AvgIpc) is 1.88. The van der Waals surface area contributed by atoms with Crippen molar-refractivity contribution >= 4 is 5.97 Å². The fraction of sp³-hybridized carbons (Fsp3) is 0.571. The molecule has 10 heavy (non-hydrogen) atoms. The minimum Gasteiger partial charge on any atom is -0.878 e. The third-order valence-electron chi connectivity index (χ3n) is 1.53.